The van der Waals surface area contributed by atoms with Crippen LogP contribution in [0.3, 0.4) is 0 Å². The molecule has 1 N–H and O–H groups in total. The number of carbonyl (C=O) groups is 1. The Morgan fingerprint density at radius 3 is 2.00 bits per heavy atom. The van der Waals surface area contributed by atoms with Crippen molar-refractivity contribution in [2.24, 2.45) is 5.92 Å². The first kappa shape index (κ1) is 17.6. The van der Waals surface area contributed by atoms with Crippen LogP contribution in [0, 0.1) is 5.92 Å². The Morgan fingerprint density at radius 2 is 1.56 bits per heavy atom. The van der Waals surface area contributed by atoms with Crippen molar-refractivity contribution < 1.29 is 14.6 Å². The van der Waals surface area contributed by atoms with Crippen LogP contribution >= 0.6 is 0 Å². The van der Waals surface area contributed by atoms with Gasteiger partial charge in [0.15, 0.2) is 0 Å². The summed E-state index contributed by atoms with van der Waals surface area (Å²) in [4.78, 5) is 14.1. The van der Waals surface area contributed by atoms with Crippen molar-refractivity contribution in [1.29, 1.82) is 0 Å². The van der Waals surface area contributed by atoms with Crippen LogP contribution in [-0.2, 0) is 22.6 Å². The van der Waals surface area contributed by atoms with E-state index in [0.717, 1.165) is 13.1 Å². The number of nitrogens with zero attached hydrogens (tertiary/aromatic N) is 1. The summed E-state index contributed by atoms with van der Waals surface area (Å²) in [6.07, 6.45) is -0.142. The number of hydrogen-bond donors (Lipinski definition) is 1. The zero-order valence-electron chi connectivity index (χ0n) is 14.5. The molecule has 1 saturated heterocycles. The Morgan fingerprint density at radius 1 is 1.04 bits per heavy atom. The fourth-order valence-corrected chi connectivity index (χ4v) is 3.35. The maximum absolute atomic E-state index is 11.9. The van der Waals surface area contributed by atoms with Crippen LogP contribution < -0.4 is 0 Å². The molecular weight excluding hydrogens is 314 g/mol. The van der Waals surface area contributed by atoms with Crippen LogP contribution in [0.1, 0.15) is 24.5 Å². The molecule has 2 aromatic carbocycles. The Labute approximate surface area is 149 Å². The third kappa shape index (κ3) is 4.47. The summed E-state index contributed by atoms with van der Waals surface area (Å²) >= 11 is 0. The first-order valence-electron chi connectivity index (χ1n) is 8.82. The van der Waals surface area contributed by atoms with Crippen molar-refractivity contribution in [3.05, 3.63) is 71.8 Å². The molecule has 0 radical (unpaired) electrons. The SMILES string of the molecule is C[C@@H]([C@@H](O)[C@@H]1CCOC1=O)N(Cc1ccccc1)Cc1ccccc1. The molecule has 1 aliphatic heterocycles. The van der Waals surface area contributed by atoms with Crippen molar-refractivity contribution in [2.75, 3.05) is 6.61 Å². The molecule has 3 atom stereocenters. The zero-order valence-corrected chi connectivity index (χ0v) is 14.5. The van der Waals surface area contributed by atoms with E-state index in [2.05, 4.69) is 29.2 Å². The number of rotatable bonds is 7. The second-order valence-electron chi connectivity index (χ2n) is 6.67. The minimum Gasteiger partial charge on any atom is -0.465 e. The average molecular weight is 339 g/mol. The Kier molecular flexibility index (Phi) is 5.84. The van der Waals surface area contributed by atoms with Crippen molar-refractivity contribution in [3.8, 4) is 0 Å². The zero-order chi connectivity index (χ0) is 17.6. The molecule has 0 aliphatic carbocycles. The molecule has 4 heteroatoms. The molecule has 0 saturated carbocycles. The largest absolute Gasteiger partial charge is 0.465 e. The van der Waals surface area contributed by atoms with Gasteiger partial charge in [-0.1, -0.05) is 60.7 Å². The molecule has 1 heterocycles. The standard InChI is InChI=1S/C21H25NO3/c1-16(20(23)19-12-13-25-21(19)24)22(14-17-8-4-2-5-9-17)15-18-10-6-3-7-11-18/h2-11,16,19-20,23H,12-15H2,1H3/t16-,19-,20+/m0/s1. The van der Waals surface area contributed by atoms with E-state index in [1.54, 1.807) is 0 Å². The van der Waals surface area contributed by atoms with E-state index in [1.165, 1.54) is 11.1 Å². The van der Waals surface area contributed by atoms with Gasteiger partial charge in [0.2, 0.25) is 0 Å². The van der Waals surface area contributed by atoms with Gasteiger partial charge in [-0.05, 0) is 24.5 Å². The number of ether oxygens (including phenoxy) is 1. The first-order valence-corrected chi connectivity index (χ1v) is 8.82. The van der Waals surface area contributed by atoms with Crippen molar-refractivity contribution in [1.82, 2.24) is 4.90 Å². The fourth-order valence-electron chi connectivity index (χ4n) is 3.35. The number of carbonyl (C=O) groups excluding carboxylic acids is 1. The van der Waals surface area contributed by atoms with Gasteiger partial charge >= 0.3 is 5.97 Å². The lowest BCUT2D eigenvalue weighted by molar-refractivity contribution is -0.145. The van der Waals surface area contributed by atoms with Gasteiger partial charge in [-0.25, -0.2) is 0 Å². The predicted molar refractivity (Wildman–Crippen MR) is 96.7 cm³/mol. The van der Waals surface area contributed by atoms with Crippen LogP contribution in [0.2, 0.25) is 0 Å². The normalized spacial score (nSPS) is 19.6. The van der Waals surface area contributed by atoms with E-state index < -0.39 is 12.0 Å². The number of benzene rings is 2. The highest BCUT2D eigenvalue weighted by Gasteiger charge is 2.37. The van der Waals surface area contributed by atoms with Gasteiger partial charge in [0.25, 0.3) is 0 Å². The van der Waals surface area contributed by atoms with E-state index in [-0.39, 0.29) is 12.0 Å². The molecular formula is C21H25NO3. The van der Waals surface area contributed by atoms with Gasteiger partial charge in [-0.15, -0.1) is 0 Å². The minimum absolute atomic E-state index is 0.156. The summed E-state index contributed by atoms with van der Waals surface area (Å²) in [5, 5.41) is 10.8. The smallest absolute Gasteiger partial charge is 0.311 e. The lowest BCUT2D eigenvalue weighted by Crippen LogP contribution is -2.45. The van der Waals surface area contributed by atoms with E-state index in [4.69, 9.17) is 4.74 Å². The highest BCUT2D eigenvalue weighted by Crippen LogP contribution is 2.25. The molecule has 0 aromatic heterocycles. The minimum atomic E-state index is -0.734. The van der Waals surface area contributed by atoms with Gasteiger partial charge in [0, 0.05) is 19.1 Å². The van der Waals surface area contributed by atoms with E-state index >= 15 is 0 Å². The molecule has 1 aliphatic rings. The third-order valence-electron chi connectivity index (χ3n) is 4.92. The summed E-state index contributed by atoms with van der Waals surface area (Å²) in [5.41, 5.74) is 2.37. The maximum atomic E-state index is 11.9. The van der Waals surface area contributed by atoms with Crippen LogP contribution in [0.15, 0.2) is 60.7 Å². The molecule has 0 unspecified atom stereocenters. The second kappa shape index (κ2) is 8.28. The average Bonchev–Trinajstić information content (AvgIpc) is 3.07. The van der Waals surface area contributed by atoms with Gasteiger partial charge in [0.05, 0.1) is 18.6 Å². The lowest BCUT2D eigenvalue weighted by atomic mass is 9.94. The molecule has 132 valence electrons. The van der Waals surface area contributed by atoms with Crippen LogP contribution in [-0.4, -0.2) is 34.7 Å². The fraction of sp³-hybridized carbons (Fsp3) is 0.381. The molecule has 0 bridgehead atoms. The van der Waals surface area contributed by atoms with Gasteiger partial charge in [-0.2, -0.15) is 0 Å². The molecule has 1 fully saturated rings. The van der Waals surface area contributed by atoms with Crippen molar-refractivity contribution in [3.63, 3.8) is 0 Å². The van der Waals surface area contributed by atoms with Crippen molar-refractivity contribution >= 4 is 5.97 Å². The van der Waals surface area contributed by atoms with Gasteiger partial charge < -0.3 is 9.84 Å². The molecule has 4 nitrogen and oxygen atoms in total. The number of esters is 1. The first-order chi connectivity index (χ1) is 12.1. The number of aliphatic hydroxyl groups excluding tert-OH is 1. The summed E-state index contributed by atoms with van der Waals surface area (Å²) in [6.45, 7) is 3.83. The van der Waals surface area contributed by atoms with Gasteiger partial charge in [-0.3, -0.25) is 9.69 Å². The monoisotopic (exact) mass is 339 g/mol. The van der Waals surface area contributed by atoms with Gasteiger partial charge in [0.1, 0.15) is 0 Å². The number of aliphatic hydroxyl groups is 1. The van der Waals surface area contributed by atoms with E-state index in [0.29, 0.717) is 13.0 Å². The number of hydrogen-bond acceptors (Lipinski definition) is 4. The van der Waals surface area contributed by atoms with Crippen LogP contribution in [0.25, 0.3) is 0 Å². The number of cyclic esters (lactones) is 1. The van der Waals surface area contributed by atoms with E-state index in [9.17, 15) is 9.90 Å². The second-order valence-corrected chi connectivity index (χ2v) is 6.67. The maximum Gasteiger partial charge on any atom is 0.311 e. The van der Waals surface area contributed by atoms with Crippen molar-refractivity contribution in [2.45, 2.75) is 38.6 Å². The summed E-state index contributed by atoms with van der Waals surface area (Å²) in [5.74, 6) is -0.706. The molecule has 0 amide bonds. The Bertz CT molecular complexity index is 633. The van der Waals surface area contributed by atoms with Crippen LogP contribution in [0.4, 0.5) is 0 Å². The highest BCUT2D eigenvalue weighted by atomic mass is 16.5. The highest BCUT2D eigenvalue weighted by molar-refractivity contribution is 5.74. The molecule has 2 aromatic rings. The summed E-state index contributed by atoms with van der Waals surface area (Å²) in [6, 6.07) is 20.3. The summed E-state index contributed by atoms with van der Waals surface area (Å²) in [7, 11) is 0. The predicted octanol–water partition coefficient (Wildman–Crippen LogP) is 3.00. The Balaban J connectivity index is 1.77. The Hall–Kier alpha value is -2.17. The molecule has 3 rings (SSSR count). The molecule has 0 spiro atoms. The topological polar surface area (TPSA) is 49.8 Å². The third-order valence-corrected chi connectivity index (χ3v) is 4.92. The summed E-state index contributed by atoms with van der Waals surface area (Å²) < 4.78 is 5.04. The van der Waals surface area contributed by atoms with Crippen LogP contribution in [0.5, 0.6) is 0 Å². The lowest BCUT2D eigenvalue weighted by Gasteiger charge is -2.34. The van der Waals surface area contributed by atoms with E-state index in [1.807, 2.05) is 43.3 Å². The quantitative estimate of drug-likeness (QED) is 0.788. The molecule has 25 heavy (non-hydrogen) atoms.